The van der Waals surface area contributed by atoms with Crippen LogP contribution >= 0.6 is 0 Å². The molecule has 0 aromatic carbocycles. The molecule has 2 fully saturated rings. The summed E-state index contributed by atoms with van der Waals surface area (Å²) < 4.78 is 0. The van der Waals surface area contributed by atoms with Gasteiger partial charge in [-0.1, -0.05) is 0 Å². The summed E-state index contributed by atoms with van der Waals surface area (Å²) in [6, 6.07) is 0. The van der Waals surface area contributed by atoms with Crippen LogP contribution in [0.5, 0.6) is 0 Å². The number of likely N-dealkylation sites (tertiary alicyclic amines) is 1. The van der Waals surface area contributed by atoms with Crippen LogP contribution in [0.3, 0.4) is 0 Å². The molecule has 1 aliphatic carbocycles. The van der Waals surface area contributed by atoms with Crippen LogP contribution in [0.4, 0.5) is 0 Å². The van der Waals surface area contributed by atoms with Crippen LogP contribution < -0.4 is 0 Å². The summed E-state index contributed by atoms with van der Waals surface area (Å²) in [5.74, 6) is 1.12. The third-order valence-electron chi connectivity index (χ3n) is 4.79. The van der Waals surface area contributed by atoms with Gasteiger partial charge in [-0.15, -0.1) is 0 Å². The van der Waals surface area contributed by atoms with Gasteiger partial charge >= 0.3 is 0 Å². The van der Waals surface area contributed by atoms with Crippen LogP contribution in [0.1, 0.15) is 38.5 Å². The molecule has 0 atom stereocenters. The van der Waals surface area contributed by atoms with Gasteiger partial charge < -0.3 is 14.9 Å². The molecule has 0 spiro atoms. The maximum Gasteiger partial charge on any atom is 0.225 e. The summed E-state index contributed by atoms with van der Waals surface area (Å²) in [4.78, 5) is 16.7. The van der Waals surface area contributed by atoms with E-state index in [-0.39, 0.29) is 12.0 Å². The molecule has 110 valence electrons. The topological polar surface area (TPSA) is 43.8 Å². The van der Waals surface area contributed by atoms with Crippen molar-refractivity contribution in [3.8, 4) is 0 Å². The first-order chi connectivity index (χ1) is 9.06. The van der Waals surface area contributed by atoms with Gasteiger partial charge in [0.25, 0.3) is 0 Å². The average molecular weight is 268 g/mol. The highest BCUT2D eigenvalue weighted by Gasteiger charge is 2.28. The number of rotatable bonds is 3. The van der Waals surface area contributed by atoms with Gasteiger partial charge in [0.05, 0.1) is 6.10 Å². The second kappa shape index (κ2) is 6.71. The second-order valence-electron chi connectivity index (χ2n) is 6.47. The van der Waals surface area contributed by atoms with Crippen LogP contribution in [-0.2, 0) is 4.79 Å². The number of carbonyl (C=O) groups excluding carboxylic acids is 1. The number of aliphatic hydroxyl groups is 1. The number of amides is 1. The fourth-order valence-corrected chi connectivity index (χ4v) is 3.36. The van der Waals surface area contributed by atoms with Crippen LogP contribution in [0, 0.1) is 11.8 Å². The van der Waals surface area contributed by atoms with Crippen molar-refractivity contribution in [3.05, 3.63) is 0 Å². The molecule has 1 saturated carbocycles. The van der Waals surface area contributed by atoms with Crippen LogP contribution in [0.2, 0.25) is 0 Å². The number of carbonyl (C=O) groups is 1. The molecule has 1 aliphatic heterocycles. The lowest BCUT2D eigenvalue weighted by Crippen LogP contribution is -2.41. The fourth-order valence-electron chi connectivity index (χ4n) is 3.36. The average Bonchev–Trinajstić information content (AvgIpc) is 2.41. The maximum atomic E-state index is 12.4. The molecule has 1 saturated heterocycles. The Bertz CT molecular complexity index is 293. The van der Waals surface area contributed by atoms with Gasteiger partial charge in [-0.2, -0.15) is 0 Å². The van der Waals surface area contributed by atoms with E-state index < -0.39 is 0 Å². The Morgan fingerprint density at radius 2 is 1.74 bits per heavy atom. The predicted octanol–water partition coefficient (Wildman–Crippen LogP) is 1.34. The molecule has 2 rings (SSSR count). The van der Waals surface area contributed by atoms with Crippen LogP contribution in [-0.4, -0.2) is 60.6 Å². The van der Waals surface area contributed by atoms with Gasteiger partial charge in [-0.3, -0.25) is 4.79 Å². The first-order valence-corrected chi connectivity index (χ1v) is 7.68. The molecule has 19 heavy (non-hydrogen) atoms. The van der Waals surface area contributed by atoms with E-state index in [1.165, 1.54) is 12.8 Å². The fraction of sp³-hybridized carbons (Fsp3) is 0.933. The lowest BCUT2D eigenvalue weighted by Gasteiger charge is -2.34. The smallest absolute Gasteiger partial charge is 0.225 e. The van der Waals surface area contributed by atoms with E-state index in [1.807, 2.05) is 11.9 Å². The van der Waals surface area contributed by atoms with Crippen molar-refractivity contribution < 1.29 is 9.90 Å². The summed E-state index contributed by atoms with van der Waals surface area (Å²) >= 11 is 0. The normalized spacial score (nSPS) is 30.3. The Labute approximate surface area is 116 Å². The van der Waals surface area contributed by atoms with Gasteiger partial charge in [0, 0.05) is 19.5 Å². The van der Waals surface area contributed by atoms with E-state index in [9.17, 15) is 9.90 Å². The lowest BCUT2D eigenvalue weighted by molar-refractivity contribution is -0.136. The highest BCUT2D eigenvalue weighted by molar-refractivity contribution is 5.78. The largest absolute Gasteiger partial charge is 0.393 e. The van der Waals surface area contributed by atoms with E-state index in [4.69, 9.17) is 0 Å². The second-order valence-corrected chi connectivity index (χ2v) is 6.47. The van der Waals surface area contributed by atoms with Crippen molar-refractivity contribution >= 4 is 5.91 Å². The lowest BCUT2D eigenvalue weighted by atomic mass is 9.86. The summed E-state index contributed by atoms with van der Waals surface area (Å²) in [5, 5.41) is 9.50. The highest BCUT2D eigenvalue weighted by Crippen LogP contribution is 2.26. The quantitative estimate of drug-likeness (QED) is 0.840. The Morgan fingerprint density at radius 1 is 1.16 bits per heavy atom. The Balaban J connectivity index is 1.76. The predicted molar refractivity (Wildman–Crippen MR) is 75.8 cm³/mol. The zero-order chi connectivity index (χ0) is 13.8. The summed E-state index contributed by atoms with van der Waals surface area (Å²) in [6.07, 6.45) is 5.53. The van der Waals surface area contributed by atoms with Gasteiger partial charge in [-0.05, 0) is 64.6 Å². The molecule has 0 aromatic heterocycles. The first-order valence-electron chi connectivity index (χ1n) is 7.68. The molecule has 1 amide bonds. The molecule has 0 bridgehead atoms. The molecular formula is C15H28N2O2. The van der Waals surface area contributed by atoms with Crippen molar-refractivity contribution in [2.24, 2.45) is 11.8 Å². The van der Waals surface area contributed by atoms with Gasteiger partial charge in [0.15, 0.2) is 0 Å². The third-order valence-corrected chi connectivity index (χ3v) is 4.79. The minimum atomic E-state index is -0.178. The SMILES string of the molecule is CN1CCC(CN(C)C(=O)C2CCC(O)CC2)CC1. The van der Waals surface area contributed by atoms with Gasteiger partial charge in [0.1, 0.15) is 0 Å². The number of hydrogen-bond acceptors (Lipinski definition) is 3. The minimum Gasteiger partial charge on any atom is -0.393 e. The Morgan fingerprint density at radius 3 is 2.32 bits per heavy atom. The highest BCUT2D eigenvalue weighted by atomic mass is 16.3. The minimum absolute atomic E-state index is 0.152. The zero-order valence-corrected chi connectivity index (χ0v) is 12.3. The number of piperidine rings is 1. The van der Waals surface area contributed by atoms with Crippen LogP contribution in [0.15, 0.2) is 0 Å². The monoisotopic (exact) mass is 268 g/mol. The number of nitrogens with zero attached hydrogens (tertiary/aromatic N) is 2. The molecule has 1 N–H and O–H groups in total. The van der Waals surface area contributed by atoms with Crippen molar-refractivity contribution in [1.82, 2.24) is 9.80 Å². The van der Waals surface area contributed by atoms with Crippen molar-refractivity contribution in [2.45, 2.75) is 44.6 Å². The van der Waals surface area contributed by atoms with Crippen molar-refractivity contribution in [1.29, 1.82) is 0 Å². The van der Waals surface area contributed by atoms with E-state index in [0.29, 0.717) is 11.8 Å². The van der Waals surface area contributed by atoms with E-state index in [0.717, 1.165) is 45.3 Å². The Kier molecular flexibility index (Phi) is 5.22. The molecule has 4 heteroatoms. The summed E-state index contributed by atoms with van der Waals surface area (Å²) in [6.45, 7) is 3.22. The van der Waals surface area contributed by atoms with Crippen molar-refractivity contribution in [3.63, 3.8) is 0 Å². The first kappa shape index (κ1) is 14.8. The number of aliphatic hydroxyl groups excluding tert-OH is 1. The summed E-state index contributed by atoms with van der Waals surface area (Å²) in [7, 11) is 4.12. The standard InChI is InChI=1S/C15H28N2O2/c1-16-9-7-12(8-10-16)11-17(2)15(19)13-3-5-14(18)6-4-13/h12-14,18H,3-11H2,1-2H3. The zero-order valence-electron chi connectivity index (χ0n) is 12.3. The van der Waals surface area contributed by atoms with E-state index in [2.05, 4.69) is 11.9 Å². The molecule has 1 heterocycles. The molecule has 0 aromatic rings. The Hall–Kier alpha value is -0.610. The van der Waals surface area contributed by atoms with E-state index in [1.54, 1.807) is 0 Å². The van der Waals surface area contributed by atoms with E-state index >= 15 is 0 Å². The molecule has 0 unspecified atom stereocenters. The van der Waals surface area contributed by atoms with Gasteiger partial charge in [-0.25, -0.2) is 0 Å². The molecule has 4 nitrogen and oxygen atoms in total. The van der Waals surface area contributed by atoms with Crippen LogP contribution in [0.25, 0.3) is 0 Å². The summed E-state index contributed by atoms with van der Waals surface area (Å²) in [5.41, 5.74) is 0. The molecular weight excluding hydrogens is 240 g/mol. The molecule has 0 radical (unpaired) electrons. The third kappa shape index (κ3) is 4.18. The van der Waals surface area contributed by atoms with Crippen molar-refractivity contribution in [2.75, 3.05) is 33.7 Å². The molecule has 2 aliphatic rings. The number of hydrogen-bond donors (Lipinski definition) is 1. The maximum absolute atomic E-state index is 12.4. The van der Waals surface area contributed by atoms with Gasteiger partial charge in [0.2, 0.25) is 5.91 Å².